The molecule has 0 bridgehead atoms. The largest absolute Gasteiger partial charge is 0.225 e. The molecule has 0 fully saturated rings. The number of sulfone groups is 1. The van der Waals surface area contributed by atoms with Gasteiger partial charge in [-0.3, -0.25) is 0 Å². The lowest BCUT2D eigenvalue weighted by Gasteiger charge is -2.06. The van der Waals surface area contributed by atoms with Crippen LogP contribution in [-0.2, 0) is 15.6 Å². The van der Waals surface area contributed by atoms with Crippen LogP contribution in [0.25, 0.3) is 21.0 Å². The molecule has 0 aliphatic heterocycles. The van der Waals surface area contributed by atoms with Gasteiger partial charge in [0.25, 0.3) is 0 Å². The molecule has 0 saturated carbocycles. The van der Waals surface area contributed by atoms with Gasteiger partial charge in [0.15, 0.2) is 0 Å². The van der Waals surface area contributed by atoms with Crippen molar-refractivity contribution in [2.45, 2.75) is 10.1 Å². The van der Waals surface area contributed by atoms with E-state index in [1.807, 2.05) is 66.7 Å². The average Bonchev–Trinajstić information content (AvgIpc) is 3.00. The van der Waals surface area contributed by atoms with Gasteiger partial charge in [0.1, 0.15) is 0 Å². The molecule has 0 saturated heterocycles. The van der Waals surface area contributed by atoms with Gasteiger partial charge in [-0.1, -0.05) is 54.6 Å². The lowest BCUT2D eigenvalue weighted by Crippen LogP contribution is -2.05. The Morgan fingerprint density at radius 1 is 0.870 bits per heavy atom. The molecule has 0 N–H and O–H groups in total. The SMILES string of the molecule is O=S(=O)(Cc1cccc2ccccc12)c1nc2ccccc2s1. The predicted molar refractivity (Wildman–Crippen MR) is 94.5 cm³/mol. The number of benzene rings is 3. The lowest BCUT2D eigenvalue weighted by atomic mass is 10.1. The normalized spacial score (nSPS) is 12.0. The molecule has 0 radical (unpaired) electrons. The van der Waals surface area contributed by atoms with E-state index < -0.39 is 9.84 Å². The molecule has 3 aromatic carbocycles. The van der Waals surface area contributed by atoms with Crippen LogP contribution in [-0.4, -0.2) is 13.4 Å². The Morgan fingerprint density at radius 2 is 1.61 bits per heavy atom. The van der Waals surface area contributed by atoms with Crippen LogP contribution in [0.5, 0.6) is 0 Å². The number of thiazole rings is 1. The summed E-state index contributed by atoms with van der Waals surface area (Å²) in [6.07, 6.45) is 0. The van der Waals surface area contributed by atoms with Crippen molar-refractivity contribution >= 4 is 42.2 Å². The highest BCUT2D eigenvalue weighted by Crippen LogP contribution is 2.29. The summed E-state index contributed by atoms with van der Waals surface area (Å²) in [4.78, 5) is 4.29. The van der Waals surface area contributed by atoms with Gasteiger partial charge in [0.2, 0.25) is 14.2 Å². The number of hydrogen-bond donors (Lipinski definition) is 0. The van der Waals surface area contributed by atoms with Gasteiger partial charge in [-0.2, -0.15) is 0 Å². The Labute approximate surface area is 138 Å². The number of fused-ring (bicyclic) bond motifs is 2. The molecule has 0 aliphatic carbocycles. The topological polar surface area (TPSA) is 47.0 Å². The van der Waals surface area contributed by atoms with Crippen LogP contribution >= 0.6 is 11.3 Å². The van der Waals surface area contributed by atoms with Crippen LogP contribution in [0.1, 0.15) is 5.56 Å². The van der Waals surface area contributed by atoms with E-state index in [0.29, 0.717) is 0 Å². The van der Waals surface area contributed by atoms with Crippen molar-refractivity contribution in [3.05, 3.63) is 72.3 Å². The highest BCUT2D eigenvalue weighted by atomic mass is 32.2. The van der Waals surface area contributed by atoms with Gasteiger partial charge in [-0.05, 0) is 28.5 Å². The van der Waals surface area contributed by atoms with Gasteiger partial charge in [-0.25, -0.2) is 13.4 Å². The zero-order valence-corrected chi connectivity index (χ0v) is 13.8. The van der Waals surface area contributed by atoms with Gasteiger partial charge >= 0.3 is 0 Å². The van der Waals surface area contributed by atoms with Crippen molar-refractivity contribution in [1.82, 2.24) is 4.98 Å². The summed E-state index contributed by atoms with van der Waals surface area (Å²) in [5.41, 5.74) is 1.54. The number of aromatic nitrogens is 1. The van der Waals surface area contributed by atoms with E-state index in [1.54, 1.807) is 0 Å². The molecular weight excluding hydrogens is 326 g/mol. The second-order valence-electron chi connectivity index (χ2n) is 5.34. The first-order valence-corrected chi connectivity index (χ1v) is 9.65. The van der Waals surface area contributed by atoms with Gasteiger partial charge in [0, 0.05) is 0 Å². The van der Waals surface area contributed by atoms with E-state index in [-0.39, 0.29) is 10.1 Å². The van der Waals surface area contributed by atoms with Crippen molar-refractivity contribution in [2.75, 3.05) is 0 Å². The maximum atomic E-state index is 12.8. The molecule has 4 rings (SSSR count). The van der Waals surface area contributed by atoms with Gasteiger partial charge in [-0.15, -0.1) is 11.3 Å². The van der Waals surface area contributed by atoms with E-state index in [2.05, 4.69) is 4.98 Å². The summed E-state index contributed by atoms with van der Waals surface area (Å²) in [5, 5.41) is 2.02. The standard InChI is InChI=1S/C18H13NO2S2/c20-23(21,18-19-16-10-3-4-11-17(16)22-18)12-14-8-5-7-13-6-1-2-9-15(13)14/h1-11H,12H2. The summed E-state index contributed by atoms with van der Waals surface area (Å²) >= 11 is 1.23. The van der Waals surface area contributed by atoms with Crippen molar-refractivity contribution in [3.8, 4) is 0 Å². The summed E-state index contributed by atoms with van der Waals surface area (Å²) in [5.74, 6) is -0.0336. The zero-order valence-electron chi connectivity index (χ0n) is 12.1. The summed E-state index contributed by atoms with van der Waals surface area (Å²) in [6, 6.07) is 21.1. The monoisotopic (exact) mass is 339 g/mol. The Bertz CT molecular complexity index is 1080. The second kappa shape index (κ2) is 5.44. The van der Waals surface area contributed by atoms with Crippen LogP contribution in [0.4, 0.5) is 0 Å². The van der Waals surface area contributed by atoms with E-state index in [9.17, 15) is 8.42 Å². The second-order valence-corrected chi connectivity index (χ2v) is 8.54. The summed E-state index contributed by atoms with van der Waals surface area (Å²) in [6.45, 7) is 0. The third-order valence-corrected chi connectivity index (χ3v) is 6.92. The van der Waals surface area contributed by atoms with Gasteiger partial charge in [0.05, 0.1) is 16.0 Å². The minimum atomic E-state index is -3.46. The zero-order chi connectivity index (χ0) is 15.9. The van der Waals surface area contributed by atoms with Crippen molar-refractivity contribution < 1.29 is 8.42 Å². The number of para-hydroxylation sites is 1. The van der Waals surface area contributed by atoms with Crippen LogP contribution in [0.3, 0.4) is 0 Å². The Morgan fingerprint density at radius 3 is 2.48 bits per heavy atom. The molecule has 0 unspecified atom stereocenters. The molecule has 4 aromatic rings. The van der Waals surface area contributed by atoms with Crippen molar-refractivity contribution in [2.24, 2.45) is 0 Å². The van der Waals surface area contributed by atoms with Crippen LogP contribution in [0.15, 0.2) is 71.1 Å². The highest BCUT2D eigenvalue weighted by Gasteiger charge is 2.21. The molecule has 0 aliphatic rings. The predicted octanol–water partition coefficient (Wildman–Crippen LogP) is 4.42. The summed E-state index contributed by atoms with van der Waals surface area (Å²) in [7, 11) is -3.46. The third kappa shape index (κ3) is 2.62. The fourth-order valence-electron chi connectivity index (χ4n) is 2.67. The lowest BCUT2D eigenvalue weighted by molar-refractivity contribution is 0.595. The summed E-state index contributed by atoms with van der Waals surface area (Å²) < 4.78 is 26.6. The quantitative estimate of drug-likeness (QED) is 0.555. The first kappa shape index (κ1) is 14.4. The molecule has 1 aromatic heterocycles. The molecule has 114 valence electrons. The Balaban J connectivity index is 1.79. The number of hydrogen-bond acceptors (Lipinski definition) is 4. The maximum Gasteiger partial charge on any atom is 0.210 e. The fraction of sp³-hybridized carbons (Fsp3) is 0.0556. The molecule has 23 heavy (non-hydrogen) atoms. The Hall–Kier alpha value is -2.24. The first-order valence-electron chi connectivity index (χ1n) is 7.18. The van der Waals surface area contributed by atoms with E-state index in [0.717, 1.165) is 26.6 Å². The highest BCUT2D eigenvalue weighted by molar-refractivity contribution is 7.92. The number of rotatable bonds is 3. The van der Waals surface area contributed by atoms with Gasteiger partial charge < -0.3 is 0 Å². The molecule has 5 heteroatoms. The average molecular weight is 339 g/mol. The molecular formula is C18H13NO2S2. The fourth-order valence-corrected chi connectivity index (χ4v) is 5.34. The minimum absolute atomic E-state index is 0.0336. The van der Waals surface area contributed by atoms with Crippen LogP contribution in [0, 0.1) is 0 Å². The van der Waals surface area contributed by atoms with E-state index in [4.69, 9.17) is 0 Å². The molecule has 3 nitrogen and oxygen atoms in total. The van der Waals surface area contributed by atoms with Crippen LogP contribution < -0.4 is 0 Å². The Kier molecular flexibility index (Phi) is 3.39. The van der Waals surface area contributed by atoms with Crippen LogP contribution in [0.2, 0.25) is 0 Å². The molecule has 0 amide bonds. The van der Waals surface area contributed by atoms with Crippen molar-refractivity contribution in [3.63, 3.8) is 0 Å². The minimum Gasteiger partial charge on any atom is -0.225 e. The number of nitrogens with zero attached hydrogens (tertiary/aromatic N) is 1. The third-order valence-electron chi connectivity index (χ3n) is 3.77. The smallest absolute Gasteiger partial charge is 0.210 e. The van der Waals surface area contributed by atoms with Crippen molar-refractivity contribution in [1.29, 1.82) is 0 Å². The molecule has 0 atom stereocenters. The van der Waals surface area contributed by atoms with E-state index in [1.165, 1.54) is 11.3 Å². The maximum absolute atomic E-state index is 12.8. The molecule has 0 spiro atoms. The first-order chi connectivity index (χ1) is 11.1. The molecule has 1 heterocycles. The van der Waals surface area contributed by atoms with E-state index >= 15 is 0 Å².